The molecule has 2 amide bonds. The number of fused-ring (bicyclic) bond motifs is 1. The maximum absolute atomic E-state index is 12.9. The fourth-order valence-corrected chi connectivity index (χ4v) is 4.91. The highest BCUT2D eigenvalue weighted by atomic mass is 16.2. The van der Waals surface area contributed by atoms with E-state index < -0.39 is 6.04 Å². The quantitative estimate of drug-likeness (QED) is 0.792. The molecule has 0 unspecified atom stereocenters. The second kappa shape index (κ2) is 8.49. The summed E-state index contributed by atoms with van der Waals surface area (Å²) < 4.78 is 2.27. The molecule has 0 bridgehead atoms. The third-order valence-electron chi connectivity index (χ3n) is 6.53. The number of aromatic nitrogens is 1. The molecule has 7 nitrogen and oxygen atoms in total. The van der Waals surface area contributed by atoms with Crippen LogP contribution in [0.25, 0.3) is 10.9 Å². The van der Waals surface area contributed by atoms with Gasteiger partial charge in [0.05, 0.1) is 24.2 Å². The smallest absolute Gasteiger partial charge is 0.242 e. The summed E-state index contributed by atoms with van der Waals surface area (Å²) in [5.41, 5.74) is 8.78. The molecule has 0 aliphatic carbocycles. The second-order valence-electron chi connectivity index (χ2n) is 8.34. The van der Waals surface area contributed by atoms with E-state index in [1.54, 1.807) is 4.90 Å². The van der Waals surface area contributed by atoms with Crippen LogP contribution in [0.2, 0.25) is 0 Å². The van der Waals surface area contributed by atoms with Gasteiger partial charge in [0, 0.05) is 36.9 Å². The first kappa shape index (κ1) is 20.4. The number of hydrogen-bond acceptors (Lipinski definition) is 4. The standard InChI is InChI=1S/C23H29N5O2/c1-2-27-19(13-17-6-5-16(14-24)12-21(17)27)8-7-18-4-3-10-28(18)22(29)15-26-11-9-20(25)23(26)30/h5-6,12-13,18,20H,2-4,7-11,15,25H2,1H3/t18-,20-/m0/s1. The molecule has 1 aromatic heterocycles. The topological polar surface area (TPSA) is 95.4 Å². The van der Waals surface area contributed by atoms with Crippen LogP contribution < -0.4 is 5.73 Å². The zero-order valence-corrected chi connectivity index (χ0v) is 17.5. The van der Waals surface area contributed by atoms with E-state index in [9.17, 15) is 14.9 Å². The lowest BCUT2D eigenvalue weighted by atomic mass is 10.1. The van der Waals surface area contributed by atoms with E-state index in [1.165, 1.54) is 5.69 Å². The monoisotopic (exact) mass is 407 g/mol. The van der Waals surface area contributed by atoms with Crippen LogP contribution in [0.1, 0.15) is 43.9 Å². The molecule has 7 heteroatoms. The molecule has 0 saturated carbocycles. The van der Waals surface area contributed by atoms with Crippen molar-refractivity contribution in [1.82, 2.24) is 14.4 Å². The van der Waals surface area contributed by atoms with Gasteiger partial charge in [-0.05, 0) is 62.6 Å². The Kier molecular flexibility index (Phi) is 5.78. The minimum atomic E-state index is -0.454. The molecule has 2 atom stereocenters. The molecule has 2 N–H and O–H groups in total. The van der Waals surface area contributed by atoms with Crippen molar-refractivity contribution < 1.29 is 9.59 Å². The van der Waals surface area contributed by atoms with Gasteiger partial charge in [-0.2, -0.15) is 5.26 Å². The minimum absolute atomic E-state index is 0.0367. The normalized spacial score (nSPS) is 21.6. The maximum atomic E-state index is 12.9. The van der Waals surface area contributed by atoms with Gasteiger partial charge in [-0.1, -0.05) is 6.07 Å². The third-order valence-corrected chi connectivity index (χ3v) is 6.53. The van der Waals surface area contributed by atoms with E-state index in [0.717, 1.165) is 49.7 Å². The number of carbonyl (C=O) groups excluding carboxylic acids is 2. The van der Waals surface area contributed by atoms with E-state index in [0.29, 0.717) is 18.5 Å². The molecule has 1 aromatic carbocycles. The van der Waals surface area contributed by atoms with Crippen molar-refractivity contribution in [2.24, 2.45) is 5.73 Å². The maximum Gasteiger partial charge on any atom is 0.242 e. The largest absolute Gasteiger partial charge is 0.345 e. The van der Waals surface area contributed by atoms with Crippen LogP contribution in [-0.4, -0.2) is 57.9 Å². The highest BCUT2D eigenvalue weighted by molar-refractivity contribution is 5.89. The van der Waals surface area contributed by atoms with Gasteiger partial charge in [-0.3, -0.25) is 9.59 Å². The van der Waals surface area contributed by atoms with Crippen molar-refractivity contribution in [1.29, 1.82) is 5.26 Å². The van der Waals surface area contributed by atoms with Gasteiger partial charge in [0.25, 0.3) is 0 Å². The number of likely N-dealkylation sites (tertiary alicyclic amines) is 2. The highest BCUT2D eigenvalue weighted by Gasteiger charge is 2.34. The lowest BCUT2D eigenvalue weighted by molar-refractivity contribution is -0.139. The molecule has 4 rings (SSSR count). The first-order valence-electron chi connectivity index (χ1n) is 10.9. The molecule has 2 aliphatic rings. The van der Waals surface area contributed by atoms with E-state index in [4.69, 9.17) is 5.73 Å². The Morgan fingerprint density at radius 1 is 1.27 bits per heavy atom. The Morgan fingerprint density at radius 2 is 2.10 bits per heavy atom. The summed E-state index contributed by atoms with van der Waals surface area (Å²) in [6, 6.07) is 9.99. The number of benzene rings is 1. The number of nitrogens with zero attached hydrogens (tertiary/aromatic N) is 4. The van der Waals surface area contributed by atoms with Crippen LogP contribution in [-0.2, 0) is 22.6 Å². The average molecular weight is 408 g/mol. The number of nitriles is 1. The Bertz CT molecular complexity index is 1000. The molecule has 2 aliphatic heterocycles. The predicted molar refractivity (Wildman–Crippen MR) is 115 cm³/mol. The van der Waals surface area contributed by atoms with E-state index >= 15 is 0 Å². The fraction of sp³-hybridized carbons (Fsp3) is 0.522. The molecule has 30 heavy (non-hydrogen) atoms. The summed E-state index contributed by atoms with van der Waals surface area (Å²) in [5.74, 6) is -0.0713. The summed E-state index contributed by atoms with van der Waals surface area (Å²) in [6.07, 6.45) is 4.42. The Hall–Kier alpha value is -2.85. The zero-order chi connectivity index (χ0) is 21.3. The van der Waals surface area contributed by atoms with Gasteiger partial charge in [0.1, 0.15) is 0 Å². The first-order chi connectivity index (χ1) is 14.5. The summed E-state index contributed by atoms with van der Waals surface area (Å²) >= 11 is 0. The van der Waals surface area contributed by atoms with Gasteiger partial charge in [-0.15, -0.1) is 0 Å². The van der Waals surface area contributed by atoms with Crippen LogP contribution in [0.4, 0.5) is 0 Å². The Balaban J connectivity index is 1.43. The average Bonchev–Trinajstić information content (AvgIpc) is 3.44. The number of hydrogen-bond donors (Lipinski definition) is 1. The van der Waals surface area contributed by atoms with Crippen molar-refractivity contribution >= 4 is 22.7 Å². The molecule has 0 spiro atoms. The minimum Gasteiger partial charge on any atom is -0.345 e. The Morgan fingerprint density at radius 3 is 2.80 bits per heavy atom. The Labute approximate surface area is 177 Å². The molecule has 2 fully saturated rings. The van der Waals surface area contributed by atoms with E-state index in [1.807, 2.05) is 23.1 Å². The number of nitrogens with two attached hydrogens (primary N) is 1. The number of amides is 2. The van der Waals surface area contributed by atoms with Crippen molar-refractivity contribution in [2.45, 2.75) is 57.7 Å². The fourth-order valence-electron chi connectivity index (χ4n) is 4.91. The van der Waals surface area contributed by atoms with E-state index in [2.05, 4.69) is 23.6 Å². The van der Waals surface area contributed by atoms with Crippen LogP contribution in [0.15, 0.2) is 24.3 Å². The summed E-state index contributed by atoms with van der Waals surface area (Å²) in [5, 5.41) is 10.3. The molecule has 2 aromatic rings. The van der Waals surface area contributed by atoms with Crippen LogP contribution >= 0.6 is 0 Å². The summed E-state index contributed by atoms with van der Waals surface area (Å²) in [6.45, 7) is 4.45. The second-order valence-corrected chi connectivity index (χ2v) is 8.34. The molecule has 3 heterocycles. The number of aryl methyl sites for hydroxylation is 2. The SMILES string of the molecule is CCn1c(CC[C@@H]2CCCN2C(=O)CN2CC[C@H](N)C2=O)cc2ccc(C#N)cc21. The van der Waals surface area contributed by atoms with Crippen molar-refractivity contribution in [3.63, 3.8) is 0 Å². The number of carbonyl (C=O) groups is 2. The van der Waals surface area contributed by atoms with Gasteiger partial charge >= 0.3 is 0 Å². The van der Waals surface area contributed by atoms with Crippen molar-refractivity contribution in [3.05, 3.63) is 35.5 Å². The molecule has 2 saturated heterocycles. The van der Waals surface area contributed by atoms with Crippen LogP contribution in [0.5, 0.6) is 0 Å². The molecular formula is C23H29N5O2. The van der Waals surface area contributed by atoms with Gasteiger partial charge < -0.3 is 20.1 Å². The lowest BCUT2D eigenvalue weighted by Gasteiger charge is -2.27. The summed E-state index contributed by atoms with van der Waals surface area (Å²) in [7, 11) is 0. The highest BCUT2D eigenvalue weighted by Crippen LogP contribution is 2.26. The van der Waals surface area contributed by atoms with Crippen LogP contribution in [0, 0.1) is 11.3 Å². The number of rotatable bonds is 6. The molecular weight excluding hydrogens is 378 g/mol. The zero-order valence-electron chi connectivity index (χ0n) is 17.5. The van der Waals surface area contributed by atoms with Gasteiger partial charge in [-0.25, -0.2) is 0 Å². The summed E-state index contributed by atoms with van der Waals surface area (Å²) in [4.78, 5) is 28.5. The molecule has 0 radical (unpaired) electrons. The van der Waals surface area contributed by atoms with Gasteiger partial charge in [0.15, 0.2) is 0 Å². The van der Waals surface area contributed by atoms with Crippen LogP contribution in [0.3, 0.4) is 0 Å². The lowest BCUT2D eigenvalue weighted by Crippen LogP contribution is -2.44. The van der Waals surface area contributed by atoms with Gasteiger partial charge in [0.2, 0.25) is 11.8 Å². The first-order valence-corrected chi connectivity index (χ1v) is 10.9. The third kappa shape index (κ3) is 3.80. The van der Waals surface area contributed by atoms with Crippen molar-refractivity contribution in [3.8, 4) is 6.07 Å². The van der Waals surface area contributed by atoms with Crippen molar-refractivity contribution in [2.75, 3.05) is 19.6 Å². The predicted octanol–water partition coefficient (Wildman–Crippen LogP) is 2.02. The van der Waals surface area contributed by atoms with E-state index in [-0.39, 0.29) is 24.4 Å². The molecule has 158 valence electrons.